The van der Waals surface area contributed by atoms with Gasteiger partial charge >= 0.3 is 6.18 Å². The Bertz CT molecular complexity index is 374. The summed E-state index contributed by atoms with van der Waals surface area (Å²) in [5.74, 6) is 0. The highest BCUT2D eigenvalue weighted by Gasteiger charge is 2.29. The van der Waals surface area contributed by atoms with E-state index in [9.17, 15) is 13.2 Å². The van der Waals surface area contributed by atoms with Crippen molar-refractivity contribution < 1.29 is 13.2 Å². The summed E-state index contributed by atoms with van der Waals surface area (Å²) >= 11 is 0. The first-order chi connectivity index (χ1) is 8.10. The summed E-state index contributed by atoms with van der Waals surface area (Å²) in [7, 11) is 0. The molecule has 0 saturated heterocycles. The fourth-order valence-electron chi connectivity index (χ4n) is 1.39. The molecular formula is C14H20F3N. The van der Waals surface area contributed by atoms with Gasteiger partial charge in [-0.15, -0.1) is 0 Å². The molecule has 1 nitrogen and oxygen atoms in total. The number of hydrogen-bond acceptors (Lipinski definition) is 1. The van der Waals surface area contributed by atoms with Crippen LogP contribution in [0.25, 0.3) is 0 Å². The van der Waals surface area contributed by atoms with Crippen LogP contribution >= 0.6 is 0 Å². The molecule has 4 heteroatoms. The van der Waals surface area contributed by atoms with Crippen LogP contribution in [0.5, 0.6) is 0 Å². The minimum Gasteiger partial charge on any atom is -0.310 e. The Morgan fingerprint density at radius 1 is 1.06 bits per heavy atom. The molecule has 1 aromatic rings. The number of alkyl halides is 3. The van der Waals surface area contributed by atoms with Crippen molar-refractivity contribution in [2.75, 3.05) is 0 Å². The van der Waals surface area contributed by atoms with Crippen LogP contribution in [0.3, 0.4) is 0 Å². The van der Waals surface area contributed by atoms with Crippen LogP contribution in [-0.2, 0) is 12.7 Å². The molecule has 0 aromatic heterocycles. The molecule has 0 radical (unpaired) electrons. The van der Waals surface area contributed by atoms with Crippen LogP contribution in [0, 0.1) is 5.41 Å². The smallest absolute Gasteiger partial charge is 0.310 e. The summed E-state index contributed by atoms with van der Waals surface area (Å²) in [6, 6.07) is 5.58. The third-order valence-corrected chi connectivity index (χ3v) is 3.19. The Hall–Kier alpha value is -1.03. The molecule has 0 amide bonds. The van der Waals surface area contributed by atoms with Gasteiger partial charge in [-0.3, -0.25) is 0 Å². The molecule has 1 aromatic carbocycles. The lowest BCUT2D eigenvalue weighted by Crippen LogP contribution is -2.37. The van der Waals surface area contributed by atoms with E-state index in [2.05, 4.69) is 33.0 Å². The first-order valence-electron chi connectivity index (χ1n) is 6.00. The zero-order valence-electron chi connectivity index (χ0n) is 11.2. The number of rotatable bonds is 3. The van der Waals surface area contributed by atoms with Gasteiger partial charge in [-0.05, 0) is 30.0 Å². The van der Waals surface area contributed by atoms with E-state index >= 15 is 0 Å². The van der Waals surface area contributed by atoms with Crippen LogP contribution in [0.4, 0.5) is 13.2 Å². The van der Waals surface area contributed by atoms with Gasteiger partial charge in [0.2, 0.25) is 0 Å². The average Bonchev–Trinajstić information content (AvgIpc) is 2.24. The minimum absolute atomic E-state index is 0.131. The predicted octanol–water partition coefficient (Wildman–Crippen LogP) is 4.23. The van der Waals surface area contributed by atoms with Gasteiger partial charge in [-0.1, -0.05) is 32.9 Å². The van der Waals surface area contributed by atoms with Gasteiger partial charge in [0.25, 0.3) is 0 Å². The summed E-state index contributed by atoms with van der Waals surface area (Å²) in [4.78, 5) is 0. The highest BCUT2D eigenvalue weighted by atomic mass is 19.4. The van der Waals surface area contributed by atoms with Crippen molar-refractivity contribution in [3.63, 3.8) is 0 Å². The Kier molecular flexibility index (Phi) is 4.43. The van der Waals surface area contributed by atoms with Gasteiger partial charge in [0.1, 0.15) is 0 Å². The molecule has 0 aliphatic heterocycles. The van der Waals surface area contributed by atoms with E-state index in [1.54, 1.807) is 0 Å². The van der Waals surface area contributed by atoms with E-state index < -0.39 is 11.7 Å². The highest BCUT2D eigenvalue weighted by molar-refractivity contribution is 5.24. The zero-order valence-corrected chi connectivity index (χ0v) is 11.2. The van der Waals surface area contributed by atoms with Crippen molar-refractivity contribution in [1.82, 2.24) is 5.32 Å². The third kappa shape index (κ3) is 4.33. The maximum absolute atomic E-state index is 12.4. The Morgan fingerprint density at radius 3 is 1.94 bits per heavy atom. The Morgan fingerprint density at radius 2 is 1.56 bits per heavy atom. The number of benzene rings is 1. The van der Waals surface area contributed by atoms with E-state index in [4.69, 9.17) is 0 Å². The normalized spacial score (nSPS) is 14.6. The highest BCUT2D eigenvalue weighted by Crippen LogP contribution is 2.29. The molecule has 18 heavy (non-hydrogen) atoms. The van der Waals surface area contributed by atoms with E-state index in [1.807, 2.05) is 0 Å². The van der Waals surface area contributed by atoms with E-state index in [-0.39, 0.29) is 5.41 Å². The fourth-order valence-corrected chi connectivity index (χ4v) is 1.39. The summed E-state index contributed by atoms with van der Waals surface area (Å²) < 4.78 is 37.1. The molecule has 0 saturated carbocycles. The van der Waals surface area contributed by atoms with Crippen molar-refractivity contribution in [2.45, 2.75) is 46.5 Å². The molecule has 1 N–H and O–H groups in total. The quantitative estimate of drug-likeness (QED) is 0.856. The van der Waals surface area contributed by atoms with E-state index in [1.165, 1.54) is 12.1 Å². The molecule has 0 spiro atoms. The zero-order chi connectivity index (χ0) is 14.0. The second kappa shape index (κ2) is 5.31. The number of halogens is 3. The molecule has 0 aliphatic carbocycles. The van der Waals surface area contributed by atoms with Gasteiger partial charge in [0.15, 0.2) is 0 Å². The summed E-state index contributed by atoms with van der Waals surface area (Å²) in [6.07, 6.45) is -4.26. The largest absolute Gasteiger partial charge is 0.416 e. The molecule has 1 atom stereocenters. The second-order valence-electron chi connectivity index (χ2n) is 5.66. The standard InChI is InChI=1S/C14H20F3N/c1-10(13(2,3)4)18-9-11-5-7-12(8-6-11)14(15,16)17/h5-8,10,18H,9H2,1-4H3. The van der Waals surface area contributed by atoms with Crippen LogP contribution in [-0.4, -0.2) is 6.04 Å². The Balaban J connectivity index is 2.60. The van der Waals surface area contributed by atoms with Gasteiger partial charge in [0.05, 0.1) is 5.56 Å². The maximum Gasteiger partial charge on any atom is 0.416 e. The summed E-state index contributed by atoms with van der Waals surface area (Å²) in [6.45, 7) is 9.02. The molecule has 102 valence electrons. The first kappa shape index (κ1) is 15.0. The maximum atomic E-state index is 12.4. The minimum atomic E-state index is -4.26. The Labute approximate surface area is 106 Å². The van der Waals surface area contributed by atoms with Gasteiger partial charge in [0, 0.05) is 12.6 Å². The van der Waals surface area contributed by atoms with Gasteiger partial charge in [-0.25, -0.2) is 0 Å². The summed E-state index contributed by atoms with van der Waals surface area (Å²) in [5, 5.41) is 3.32. The van der Waals surface area contributed by atoms with E-state index in [0.29, 0.717) is 12.6 Å². The molecule has 1 unspecified atom stereocenters. The molecule has 0 bridgehead atoms. The lowest BCUT2D eigenvalue weighted by Gasteiger charge is -2.28. The topological polar surface area (TPSA) is 12.0 Å². The van der Waals surface area contributed by atoms with Crippen molar-refractivity contribution in [2.24, 2.45) is 5.41 Å². The first-order valence-corrected chi connectivity index (χ1v) is 6.00. The van der Waals surface area contributed by atoms with Crippen molar-refractivity contribution in [1.29, 1.82) is 0 Å². The SMILES string of the molecule is CC(NCc1ccc(C(F)(F)F)cc1)C(C)(C)C. The molecular weight excluding hydrogens is 239 g/mol. The van der Waals surface area contributed by atoms with Crippen LogP contribution in [0.2, 0.25) is 0 Å². The van der Waals surface area contributed by atoms with Gasteiger partial charge in [-0.2, -0.15) is 13.2 Å². The van der Waals surface area contributed by atoms with Gasteiger partial charge < -0.3 is 5.32 Å². The molecule has 0 heterocycles. The average molecular weight is 259 g/mol. The number of nitrogens with one attached hydrogen (secondary N) is 1. The van der Waals surface area contributed by atoms with E-state index in [0.717, 1.165) is 17.7 Å². The fraction of sp³-hybridized carbons (Fsp3) is 0.571. The van der Waals surface area contributed by atoms with Crippen LogP contribution in [0.15, 0.2) is 24.3 Å². The predicted molar refractivity (Wildman–Crippen MR) is 67.2 cm³/mol. The number of hydrogen-bond donors (Lipinski definition) is 1. The molecule has 0 aliphatic rings. The van der Waals surface area contributed by atoms with Crippen molar-refractivity contribution in [3.05, 3.63) is 35.4 Å². The third-order valence-electron chi connectivity index (χ3n) is 3.19. The van der Waals surface area contributed by atoms with Crippen molar-refractivity contribution >= 4 is 0 Å². The lowest BCUT2D eigenvalue weighted by molar-refractivity contribution is -0.137. The van der Waals surface area contributed by atoms with Crippen LogP contribution < -0.4 is 5.32 Å². The molecule has 1 rings (SSSR count). The second-order valence-corrected chi connectivity index (χ2v) is 5.66. The summed E-state index contributed by atoms with van der Waals surface area (Å²) in [5.41, 5.74) is 0.389. The lowest BCUT2D eigenvalue weighted by atomic mass is 9.88. The molecule has 0 fully saturated rings. The van der Waals surface area contributed by atoms with Crippen molar-refractivity contribution in [3.8, 4) is 0 Å². The van der Waals surface area contributed by atoms with Crippen LogP contribution in [0.1, 0.15) is 38.8 Å². The monoisotopic (exact) mass is 259 g/mol.